The van der Waals surface area contributed by atoms with Gasteiger partial charge in [0.2, 0.25) is 0 Å². The Balaban J connectivity index is 2.12. The third kappa shape index (κ3) is 4.74. The number of hydrogen-bond acceptors (Lipinski definition) is 4. The molecule has 0 saturated heterocycles. The lowest BCUT2D eigenvalue weighted by molar-refractivity contribution is -0.115. The molecule has 1 atom stereocenters. The molecular weight excluding hydrogens is 347 g/mol. The zero-order valence-corrected chi connectivity index (χ0v) is 14.2. The summed E-state index contributed by atoms with van der Waals surface area (Å²) in [4.78, 5) is 4.75. The van der Waals surface area contributed by atoms with Crippen molar-refractivity contribution in [1.82, 2.24) is 5.32 Å². The minimum absolute atomic E-state index is 0.0472. The maximum Gasteiger partial charge on any atom is 0.405 e. The Morgan fingerprint density at radius 1 is 1.35 bits per heavy atom. The number of benzene rings is 1. The number of halogens is 3. The van der Waals surface area contributed by atoms with E-state index >= 15 is 0 Å². The molecule has 0 spiro atoms. The first-order valence-electron chi connectivity index (χ1n) is 6.77. The van der Waals surface area contributed by atoms with Crippen molar-refractivity contribution in [3.8, 4) is 0 Å². The van der Waals surface area contributed by atoms with Crippen LogP contribution in [0.5, 0.6) is 0 Å². The molecule has 0 bridgehead atoms. The molecule has 1 aliphatic rings. The number of hydrogen-bond donors (Lipinski definition) is 2. The average molecular weight is 363 g/mol. The number of para-hydroxylation sites is 1. The topological polar surface area (TPSA) is 53.5 Å². The molecule has 9 heteroatoms. The molecule has 2 rings (SSSR count). The van der Waals surface area contributed by atoms with Crippen molar-refractivity contribution in [1.29, 1.82) is 0 Å². The van der Waals surface area contributed by atoms with Crippen LogP contribution in [0.4, 0.5) is 18.9 Å². The molecule has 1 heterocycles. The van der Waals surface area contributed by atoms with Crippen LogP contribution in [0.3, 0.4) is 0 Å². The Morgan fingerprint density at radius 2 is 2.00 bits per heavy atom. The van der Waals surface area contributed by atoms with Crippen molar-refractivity contribution < 1.29 is 17.4 Å². The summed E-state index contributed by atoms with van der Waals surface area (Å²) in [7, 11) is -1.52. The third-order valence-electron chi connectivity index (χ3n) is 3.16. The SMILES string of the molecule is CC1(C)N=C(S(=O)Cc2ccccc2NCC(F)(F)F)NC1=S. The number of nitrogens with one attached hydrogen (secondary N) is 2. The van der Waals surface area contributed by atoms with Gasteiger partial charge < -0.3 is 10.6 Å². The third-order valence-corrected chi connectivity index (χ3v) is 4.96. The molecule has 0 aliphatic carbocycles. The first-order chi connectivity index (χ1) is 10.6. The highest BCUT2D eigenvalue weighted by Crippen LogP contribution is 2.23. The van der Waals surface area contributed by atoms with E-state index in [4.69, 9.17) is 12.2 Å². The van der Waals surface area contributed by atoms with Gasteiger partial charge in [0.25, 0.3) is 0 Å². The van der Waals surface area contributed by atoms with Crippen LogP contribution in [-0.2, 0) is 16.6 Å². The summed E-state index contributed by atoms with van der Waals surface area (Å²) in [6.45, 7) is 2.45. The van der Waals surface area contributed by atoms with Crippen molar-refractivity contribution in [3.63, 3.8) is 0 Å². The summed E-state index contributed by atoms with van der Waals surface area (Å²) in [6, 6.07) is 6.46. The maximum absolute atomic E-state index is 12.4. The summed E-state index contributed by atoms with van der Waals surface area (Å²) >= 11 is 5.13. The summed E-state index contributed by atoms with van der Waals surface area (Å²) in [5.74, 6) is 0.0472. The van der Waals surface area contributed by atoms with E-state index in [1.165, 1.54) is 6.07 Å². The highest BCUT2D eigenvalue weighted by molar-refractivity contribution is 8.00. The summed E-state index contributed by atoms with van der Waals surface area (Å²) in [5, 5.41) is 5.40. The molecule has 1 unspecified atom stereocenters. The van der Waals surface area contributed by atoms with E-state index in [2.05, 4.69) is 15.6 Å². The molecule has 0 radical (unpaired) electrons. The van der Waals surface area contributed by atoms with Crippen LogP contribution in [0.25, 0.3) is 0 Å². The van der Waals surface area contributed by atoms with E-state index in [1.54, 1.807) is 32.0 Å². The lowest BCUT2D eigenvalue weighted by Gasteiger charge is -2.13. The fourth-order valence-corrected chi connectivity index (χ4v) is 3.34. The summed E-state index contributed by atoms with van der Waals surface area (Å²) in [6.07, 6.45) is -4.32. The van der Waals surface area contributed by atoms with Crippen molar-refractivity contribution in [2.45, 2.75) is 31.3 Å². The van der Waals surface area contributed by atoms with Gasteiger partial charge in [-0.1, -0.05) is 30.4 Å². The smallest absolute Gasteiger partial charge is 0.376 e. The number of anilines is 1. The molecule has 1 aliphatic heterocycles. The van der Waals surface area contributed by atoms with Gasteiger partial charge in [0.15, 0.2) is 5.17 Å². The second kappa shape index (κ2) is 6.56. The summed E-state index contributed by atoms with van der Waals surface area (Å²) in [5.41, 5.74) is 0.211. The number of thiocarbonyl (C=S) groups is 1. The number of rotatable bonds is 4. The standard InChI is InChI=1S/C14H16F3N3OS2/c1-13(2)11(22)19-12(20-13)23(21)7-9-5-3-4-6-10(9)18-8-14(15,16)17/h3-6,18H,7-8H2,1-2H3,(H,19,20,22). The lowest BCUT2D eigenvalue weighted by Crippen LogP contribution is -2.34. The Bertz CT molecular complexity index is 671. The number of aliphatic imine (C=N–C) groups is 1. The quantitative estimate of drug-likeness (QED) is 0.808. The van der Waals surface area contributed by atoms with E-state index in [0.717, 1.165) is 0 Å². The Hall–Kier alpha value is -1.48. The fourth-order valence-electron chi connectivity index (χ4n) is 1.91. The van der Waals surface area contributed by atoms with E-state index in [9.17, 15) is 17.4 Å². The fraction of sp³-hybridized carbons (Fsp3) is 0.429. The average Bonchev–Trinajstić information content (AvgIpc) is 2.71. The van der Waals surface area contributed by atoms with Gasteiger partial charge in [-0.2, -0.15) is 13.2 Å². The second-order valence-corrected chi connectivity index (χ2v) is 7.32. The van der Waals surface area contributed by atoms with Gasteiger partial charge in [0.05, 0.1) is 16.6 Å². The molecular formula is C14H16F3N3OS2. The molecule has 0 amide bonds. The highest BCUT2D eigenvalue weighted by Gasteiger charge is 2.33. The van der Waals surface area contributed by atoms with Crippen molar-refractivity contribution in [2.24, 2.45) is 4.99 Å². The Labute approximate surface area is 140 Å². The Morgan fingerprint density at radius 3 is 2.57 bits per heavy atom. The van der Waals surface area contributed by atoms with Crippen LogP contribution in [0.1, 0.15) is 19.4 Å². The van der Waals surface area contributed by atoms with Crippen molar-refractivity contribution in [2.75, 3.05) is 11.9 Å². The van der Waals surface area contributed by atoms with Gasteiger partial charge in [0, 0.05) is 5.69 Å². The van der Waals surface area contributed by atoms with Crippen LogP contribution in [0.15, 0.2) is 29.3 Å². The van der Waals surface area contributed by atoms with Gasteiger partial charge >= 0.3 is 6.18 Å². The zero-order chi connectivity index (χ0) is 17.3. The maximum atomic E-state index is 12.4. The molecule has 126 valence electrons. The normalized spacial score (nSPS) is 18.3. The van der Waals surface area contributed by atoms with Crippen LogP contribution in [0, 0.1) is 0 Å². The van der Waals surface area contributed by atoms with E-state index in [-0.39, 0.29) is 10.9 Å². The van der Waals surface area contributed by atoms with Crippen LogP contribution >= 0.6 is 12.2 Å². The van der Waals surface area contributed by atoms with Gasteiger partial charge in [-0.15, -0.1) is 0 Å². The molecule has 23 heavy (non-hydrogen) atoms. The van der Waals surface area contributed by atoms with E-state index < -0.39 is 29.1 Å². The van der Waals surface area contributed by atoms with Gasteiger partial charge in [0.1, 0.15) is 17.1 Å². The van der Waals surface area contributed by atoms with Crippen molar-refractivity contribution >= 4 is 38.9 Å². The summed E-state index contributed by atoms with van der Waals surface area (Å²) < 4.78 is 49.4. The molecule has 1 aromatic rings. The van der Waals surface area contributed by atoms with E-state index in [1.807, 2.05) is 0 Å². The number of alkyl halides is 3. The second-order valence-electron chi connectivity index (χ2n) is 5.55. The van der Waals surface area contributed by atoms with Crippen LogP contribution in [0.2, 0.25) is 0 Å². The van der Waals surface area contributed by atoms with Crippen molar-refractivity contribution in [3.05, 3.63) is 29.8 Å². The number of nitrogens with zero attached hydrogens (tertiary/aromatic N) is 1. The molecule has 0 aromatic heterocycles. The lowest BCUT2D eigenvalue weighted by atomic mass is 10.1. The zero-order valence-electron chi connectivity index (χ0n) is 12.5. The van der Waals surface area contributed by atoms with Gasteiger partial charge in [-0.3, -0.25) is 4.21 Å². The largest absolute Gasteiger partial charge is 0.405 e. The monoisotopic (exact) mass is 363 g/mol. The predicted molar refractivity (Wildman–Crippen MR) is 90.1 cm³/mol. The van der Waals surface area contributed by atoms with E-state index in [0.29, 0.717) is 16.2 Å². The first kappa shape index (κ1) is 17.9. The Kier molecular flexibility index (Phi) is 5.10. The minimum Gasteiger partial charge on any atom is -0.376 e. The predicted octanol–water partition coefficient (Wildman–Crippen LogP) is 2.97. The first-order valence-corrected chi connectivity index (χ1v) is 8.49. The van der Waals surface area contributed by atoms with Gasteiger partial charge in [-0.05, 0) is 25.5 Å². The highest BCUT2D eigenvalue weighted by atomic mass is 32.2. The van der Waals surface area contributed by atoms with Crippen LogP contribution in [-0.4, -0.2) is 32.6 Å². The molecule has 0 fully saturated rings. The number of amidine groups is 1. The molecule has 2 N–H and O–H groups in total. The molecule has 0 saturated carbocycles. The molecule has 1 aromatic carbocycles. The minimum atomic E-state index is -4.32. The molecule has 4 nitrogen and oxygen atoms in total. The van der Waals surface area contributed by atoms with Gasteiger partial charge in [-0.25, -0.2) is 4.99 Å². The van der Waals surface area contributed by atoms with Crippen LogP contribution < -0.4 is 10.6 Å².